The average Bonchev–Trinajstić information content (AvgIpc) is 2.53. The maximum atomic E-state index is 12.4. The standard InChI is InChI=1S/C17H18ClNO3S/c18-14-4-7-16(8-5-14)23(21,22)19-11-13-3-1-2-12-10-15(20)6-9-17(12)13/h4-10,13,19-20H,1-3,11H2. The topological polar surface area (TPSA) is 66.4 Å². The van der Waals surface area contributed by atoms with Crippen molar-refractivity contribution in [1.29, 1.82) is 0 Å². The lowest BCUT2D eigenvalue weighted by molar-refractivity contribution is 0.470. The van der Waals surface area contributed by atoms with Gasteiger partial charge in [0.1, 0.15) is 5.75 Å². The Morgan fingerprint density at radius 3 is 2.65 bits per heavy atom. The second-order valence-corrected chi connectivity index (χ2v) is 7.98. The van der Waals surface area contributed by atoms with Gasteiger partial charge in [0, 0.05) is 11.6 Å². The molecule has 0 fully saturated rings. The molecular weight excluding hydrogens is 334 g/mol. The van der Waals surface area contributed by atoms with Crippen LogP contribution in [0.25, 0.3) is 0 Å². The molecule has 0 aromatic heterocycles. The van der Waals surface area contributed by atoms with E-state index in [0.29, 0.717) is 11.6 Å². The first-order valence-electron chi connectivity index (χ1n) is 7.53. The van der Waals surface area contributed by atoms with E-state index in [2.05, 4.69) is 4.72 Å². The molecule has 1 aliphatic rings. The van der Waals surface area contributed by atoms with E-state index in [4.69, 9.17) is 11.6 Å². The molecule has 1 unspecified atom stereocenters. The van der Waals surface area contributed by atoms with Crippen LogP contribution in [0.3, 0.4) is 0 Å². The van der Waals surface area contributed by atoms with Gasteiger partial charge in [-0.1, -0.05) is 17.7 Å². The predicted octanol–water partition coefficient (Wildman–Crippen LogP) is 3.44. The van der Waals surface area contributed by atoms with Crippen LogP contribution >= 0.6 is 11.6 Å². The molecule has 122 valence electrons. The zero-order valence-corrected chi connectivity index (χ0v) is 14.1. The lowest BCUT2D eigenvalue weighted by Gasteiger charge is -2.25. The minimum atomic E-state index is -3.55. The van der Waals surface area contributed by atoms with Gasteiger partial charge >= 0.3 is 0 Å². The zero-order valence-electron chi connectivity index (χ0n) is 12.5. The third-order valence-electron chi connectivity index (χ3n) is 4.21. The second kappa shape index (κ2) is 6.51. The highest BCUT2D eigenvalue weighted by Gasteiger charge is 2.23. The second-order valence-electron chi connectivity index (χ2n) is 5.78. The van der Waals surface area contributed by atoms with E-state index in [9.17, 15) is 13.5 Å². The molecule has 0 saturated heterocycles. The number of hydrogen-bond acceptors (Lipinski definition) is 3. The summed E-state index contributed by atoms with van der Waals surface area (Å²) in [6, 6.07) is 11.4. The van der Waals surface area contributed by atoms with E-state index >= 15 is 0 Å². The van der Waals surface area contributed by atoms with Crippen molar-refractivity contribution in [3.8, 4) is 5.75 Å². The molecule has 4 nitrogen and oxygen atoms in total. The lowest BCUT2D eigenvalue weighted by atomic mass is 9.83. The summed E-state index contributed by atoms with van der Waals surface area (Å²) in [7, 11) is -3.55. The van der Waals surface area contributed by atoms with Gasteiger partial charge in [-0.2, -0.15) is 0 Å². The molecule has 3 rings (SSSR count). The number of rotatable bonds is 4. The summed E-state index contributed by atoms with van der Waals surface area (Å²) >= 11 is 5.79. The van der Waals surface area contributed by atoms with Crippen molar-refractivity contribution in [3.05, 3.63) is 58.6 Å². The molecule has 23 heavy (non-hydrogen) atoms. The molecule has 0 heterocycles. The molecule has 2 N–H and O–H groups in total. The van der Waals surface area contributed by atoms with Crippen LogP contribution in [0.4, 0.5) is 0 Å². The summed E-state index contributed by atoms with van der Waals surface area (Å²) in [4.78, 5) is 0.212. The van der Waals surface area contributed by atoms with Gasteiger partial charge in [0.15, 0.2) is 0 Å². The number of hydrogen-bond donors (Lipinski definition) is 2. The summed E-state index contributed by atoms with van der Waals surface area (Å²) in [6.45, 7) is 0.350. The summed E-state index contributed by atoms with van der Waals surface area (Å²) in [5, 5.41) is 10.1. The summed E-state index contributed by atoms with van der Waals surface area (Å²) in [5.41, 5.74) is 2.22. The van der Waals surface area contributed by atoms with Crippen LogP contribution in [0.2, 0.25) is 5.02 Å². The minimum absolute atomic E-state index is 0.126. The van der Waals surface area contributed by atoms with Crippen molar-refractivity contribution in [3.63, 3.8) is 0 Å². The number of nitrogens with one attached hydrogen (secondary N) is 1. The Balaban J connectivity index is 1.75. The van der Waals surface area contributed by atoms with Crippen LogP contribution < -0.4 is 4.72 Å². The molecule has 2 aromatic carbocycles. The Hall–Kier alpha value is -1.56. The quantitative estimate of drug-likeness (QED) is 0.886. The molecule has 1 atom stereocenters. The van der Waals surface area contributed by atoms with E-state index in [1.807, 2.05) is 6.07 Å². The SMILES string of the molecule is O=S(=O)(NCC1CCCc2cc(O)ccc21)c1ccc(Cl)cc1. The highest BCUT2D eigenvalue weighted by Crippen LogP contribution is 2.33. The van der Waals surface area contributed by atoms with E-state index in [0.717, 1.165) is 30.4 Å². The number of aryl methyl sites for hydroxylation is 1. The fourth-order valence-electron chi connectivity index (χ4n) is 3.02. The number of aromatic hydroxyl groups is 1. The van der Waals surface area contributed by atoms with Gasteiger partial charge < -0.3 is 5.11 Å². The van der Waals surface area contributed by atoms with Crippen LogP contribution in [0.1, 0.15) is 29.9 Å². The van der Waals surface area contributed by atoms with Crippen molar-refractivity contribution in [2.45, 2.75) is 30.1 Å². The highest BCUT2D eigenvalue weighted by molar-refractivity contribution is 7.89. The first-order chi connectivity index (χ1) is 11.0. The Morgan fingerprint density at radius 2 is 1.91 bits per heavy atom. The van der Waals surface area contributed by atoms with Gasteiger partial charge in [0.25, 0.3) is 0 Å². The normalized spacial score (nSPS) is 17.7. The van der Waals surface area contributed by atoms with Crippen LogP contribution in [-0.4, -0.2) is 20.1 Å². The van der Waals surface area contributed by atoms with Gasteiger partial charge in [-0.25, -0.2) is 13.1 Å². The maximum Gasteiger partial charge on any atom is 0.240 e. The monoisotopic (exact) mass is 351 g/mol. The minimum Gasteiger partial charge on any atom is -0.508 e. The van der Waals surface area contributed by atoms with Crippen LogP contribution in [0.5, 0.6) is 5.75 Å². The fraction of sp³-hybridized carbons (Fsp3) is 0.294. The molecule has 0 bridgehead atoms. The first kappa shape index (κ1) is 16.3. The van der Waals surface area contributed by atoms with Crippen molar-refractivity contribution in [1.82, 2.24) is 4.72 Å². The smallest absolute Gasteiger partial charge is 0.240 e. The first-order valence-corrected chi connectivity index (χ1v) is 9.39. The van der Waals surface area contributed by atoms with Crippen molar-refractivity contribution >= 4 is 21.6 Å². The molecule has 2 aromatic rings. The van der Waals surface area contributed by atoms with Crippen LogP contribution in [0, 0.1) is 0 Å². The van der Waals surface area contributed by atoms with Crippen LogP contribution in [0.15, 0.2) is 47.4 Å². The number of sulfonamides is 1. The third kappa shape index (κ3) is 3.68. The predicted molar refractivity (Wildman–Crippen MR) is 90.4 cm³/mol. The lowest BCUT2D eigenvalue weighted by Crippen LogP contribution is -2.30. The molecule has 6 heteroatoms. The fourth-order valence-corrected chi connectivity index (χ4v) is 4.23. The molecule has 1 aliphatic carbocycles. The Morgan fingerprint density at radius 1 is 1.17 bits per heavy atom. The number of halogens is 1. The Bertz CT molecular complexity index is 803. The Labute approximate surface area is 141 Å². The maximum absolute atomic E-state index is 12.4. The van der Waals surface area contributed by atoms with E-state index < -0.39 is 10.0 Å². The molecule has 0 radical (unpaired) electrons. The molecule has 0 spiro atoms. The summed E-state index contributed by atoms with van der Waals surface area (Å²) in [6.07, 6.45) is 2.84. The summed E-state index contributed by atoms with van der Waals surface area (Å²) < 4.78 is 27.4. The van der Waals surface area contributed by atoms with E-state index in [1.165, 1.54) is 12.1 Å². The van der Waals surface area contributed by atoms with Gasteiger partial charge in [-0.3, -0.25) is 0 Å². The van der Waals surface area contributed by atoms with E-state index in [1.54, 1.807) is 24.3 Å². The molecular formula is C17H18ClNO3S. The van der Waals surface area contributed by atoms with Crippen molar-refractivity contribution in [2.75, 3.05) is 6.54 Å². The molecule has 0 aliphatic heterocycles. The average molecular weight is 352 g/mol. The highest BCUT2D eigenvalue weighted by atomic mass is 35.5. The number of benzene rings is 2. The number of phenolic OH excluding ortho intramolecular Hbond substituents is 1. The van der Waals surface area contributed by atoms with Crippen LogP contribution in [-0.2, 0) is 16.4 Å². The van der Waals surface area contributed by atoms with Gasteiger partial charge in [0.2, 0.25) is 10.0 Å². The van der Waals surface area contributed by atoms with Gasteiger partial charge in [-0.05, 0) is 72.7 Å². The zero-order chi connectivity index (χ0) is 16.4. The third-order valence-corrected chi connectivity index (χ3v) is 5.90. The largest absolute Gasteiger partial charge is 0.508 e. The van der Waals surface area contributed by atoms with Crippen molar-refractivity contribution < 1.29 is 13.5 Å². The molecule has 0 amide bonds. The van der Waals surface area contributed by atoms with E-state index in [-0.39, 0.29) is 16.6 Å². The van der Waals surface area contributed by atoms with Gasteiger partial charge in [0.05, 0.1) is 4.90 Å². The number of fused-ring (bicyclic) bond motifs is 1. The number of phenols is 1. The molecule has 0 saturated carbocycles. The van der Waals surface area contributed by atoms with Gasteiger partial charge in [-0.15, -0.1) is 0 Å². The van der Waals surface area contributed by atoms with Crippen molar-refractivity contribution in [2.24, 2.45) is 0 Å². The Kier molecular flexibility index (Phi) is 4.62. The summed E-state index contributed by atoms with van der Waals surface area (Å²) in [5.74, 6) is 0.382.